The second-order valence-corrected chi connectivity index (χ2v) is 3.11. The minimum atomic E-state index is -4.63. The highest BCUT2D eigenvalue weighted by Crippen LogP contribution is 2.33. The van der Waals surface area contributed by atoms with E-state index < -0.39 is 29.3 Å². The summed E-state index contributed by atoms with van der Waals surface area (Å²) in [5.74, 6) is -1.23. The van der Waals surface area contributed by atoms with Crippen LogP contribution in [0.2, 0.25) is 5.15 Å². The Balaban J connectivity index is 3.11. The number of aromatic nitrogens is 1. The summed E-state index contributed by atoms with van der Waals surface area (Å²) in [5, 5.41) is 7.70. The molecule has 0 unspecified atom stereocenters. The van der Waals surface area contributed by atoms with E-state index >= 15 is 0 Å². The van der Waals surface area contributed by atoms with Crippen molar-refractivity contribution in [2.45, 2.75) is 12.6 Å². The van der Waals surface area contributed by atoms with Gasteiger partial charge in [0.25, 0.3) is 0 Å². The molecule has 3 nitrogen and oxygen atoms in total. The smallest absolute Gasteiger partial charge is 0.419 e. The first kappa shape index (κ1) is 11.8. The van der Waals surface area contributed by atoms with Gasteiger partial charge in [0.1, 0.15) is 5.15 Å². The molecule has 0 saturated heterocycles. The molecule has 0 radical (unpaired) electrons. The fourth-order valence-electron chi connectivity index (χ4n) is 0.961. The Morgan fingerprint density at radius 2 is 2.13 bits per heavy atom. The average molecular weight is 240 g/mol. The van der Waals surface area contributed by atoms with E-state index in [1.807, 2.05) is 0 Å². The van der Waals surface area contributed by atoms with Gasteiger partial charge in [-0.1, -0.05) is 11.6 Å². The van der Waals surface area contributed by atoms with Gasteiger partial charge in [-0.05, 0) is 11.6 Å². The SMILES string of the molecule is O=C(O)Cc1cnc(Cl)c(C(F)(F)F)c1. The van der Waals surface area contributed by atoms with Crippen LogP contribution in [0.25, 0.3) is 0 Å². The van der Waals surface area contributed by atoms with Gasteiger partial charge in [-0.2, -0.15) is 13.2 Å². The molecular weight excluding hydrogens is 235 g/mol. The number of carboxylic acids is 1. The van der Waals surface area contributed by atoms with Gasteiger partial charge < -0.3 is 5.11 Å². The molecule has 0 saturated carbocycles. The number of pyridine rings is 1. The summed E-state index contributed by atoms with van der Waals surface area (Å²) in [5.41, 5.74) is -1.16. The van der Waals surface area contributed by atoms with E-state index in [4.69, 9.17) is 16.7 Å². The van der Waals surface area contributed by atoms with Gasteiger partial charge in [0.15, 0.2) is 0 Å². The summed E-state index contributed by atoms with van der Waals surface area (Å²) >= 11 is 5.24. The number of alkyl halides is 3. The zero-order chi connectivity index (χ0) is 11.6. The van der Waals surface area contributed by atoms with Crippen LogP contribution in [-0.2, 0) is 17.4 Å². The summed E-state index contributed by atoms with van der Waals surface area (Å²) in [6, 6.07) is 0.684. The lowest BCUT2D eigenvalue weighted by Crippen LogP contribution is -2.09. The van der Waals surface area contributed by atoms with Gasteiger partial charge >= 0.3 is 12.1 Å². The van der Waals surface area contributed by atoms with Crippen LogP contribution in [0.4, 0.5) is 13.2 Å². The van der Waals surface area contributed by atoms with Crippen molar-refractivity contribution in [2.24, 2.45) is 0 Å². The molecule has 1 rings (SSSR count). The van der Waals surface area contributed by atoms with Crippen LogP contribution >= 0.6 is 11.6 Å². The third-order valence-electron chi connectivity index (χ3n) is 1.56. The van der Waals surface area contributed by atoms with Gasteiger partial charge in [-0.25, -0.2) is 4.98 Å². The van der Waals surface area contributed by atoms with E-state index in [-0.39, 0.29) is 5.56 Å². The Morgan fingerprint density at radius 3 is 2.60 bits per heavy atom. The average Bonchev–Trinajstić information content (AvgIpc) is 2.05. The van der Waals surface area contributed by atoms with Gasteiger partial charge in [-0.15, -0.1) is 0 Å². The highest BCUT2D eigenvalue weighted by Gasteiger charge is 2.34. The number of hydrogen-bond acceptors (Lipinski definition) is 2. The second-order valence-electron chi connectivity index (χ2n) is 2.75. The van der Waals surface area contributed by atoms with Crippen molar-refractivity contribution in [3.63, 3.8) is 0 Å². The van der Waals surface area contributed by atoms with Crippen molar-refractivity contribution < 1.29 is 23.1 Å². The van der Waals surface area contributed by atoms with E-state index in [1.165, 1.54) is 0 Å². The Morgan fingerprint density at radius 1 is 1.53 bits per heavy atom. The quantitative estimate of drug-likeness (QED) is 0.806. The molecular formula is C8H5ClF3NO2. The normalized spacial score (nSPS) is 11.5. The topological polar surface area (TPSA) is 50.2 Å². The van der Waals surface area contributed by atoms with Gasteiger partial charge in [-0.3, -0.25) is 4.79 Å². The first-order valence-corrected chi connectivity index (χ1v) is 4.12. The summed E-state index contributed by atoms with van der Waals surface area (Å²) in [6.45, 7) is 0. The fourth-order valence-corrected chi connectivity index (χ4v) is 1.17. The number of halogens is 4. The third-order valence-corrected chi connectivity index (χ3v) is 1.86. The summed E-state index contributed by atoms with van der Waals surface area (Å²) in [6.07, 6.45) is -4.14. The summed E-state index contributed by atoms with van der Waals surface area (Å²) in [4.78, 5) is 13.6. The van der Waals surface area contributed by atoms with Crippen molar-refractivity contribution in [3.8, 4) is 0 Å². The molecule has 1 aromatic heterocycles. The van der Waals surface area contributed by atoms with Crippen LogP contribution in [0, 0.1) is 0 Å². The number of carbonyl (C=O) groups is 1. The molecule has 0 fully saturated rings. The zero-order valence-corrected chi connectivity index (χ0v) is 7.93. The van der Waals surface area contributed by atoms with Crippen molar-refractivity contribution in [3.05, 3.63) is 28.5 Å². The molecule has 0 bridgehead atoms. The van der Waals surface area contributed by atoms with Crippen LogP contribution in [0.15, 0.2) is 12.3 Å². The fraction of sp³-hybridized carbons (Fsp3) is 0.250. The van der Waals surface area contributed by atoms with Crippen molar-refractivity contribution in [2.75, 3.05) is 0 Å². The molecule has 0 amide bonds. The largest absolute Gasteiger partial charge is 0.481 e. The maximum atomic E-state index is 12.3. The van der Waals surface area contributed by atoms with Gasteiger partial charge in [0.2, 0.25) is 0 Å². The molecule has 1 N–H and O–H groups in total. The Kier molecular flexibility index (Phi) is 3.18. The lowest BCUT2D eigenvalue weighted by atomic mass is 10.1. The second kappa shape index (κ2) is 4.06. The highest BCUT2D eigenvalue weighted by molar-refractivity contribution is 6.30. The van der Waals surface area contributed by atoms with Crippen LogP contribution in [-0.4, -0.2) is 16.1 Å². The molecule has 0 aliphatic heterocycles. The molecule has 0 aromatic carbocycles. The van der Waals surface area contributed by atoms with Crippen LogP contribution in [0.3, 0.4) is 0 Å². The lowest BCUT2D eigenvalue weighted by molar-refractivity contribution is -0.139. The molecule has 0 atom stereocenters. The number of nitrogens with zero attached hydrogens (tertiary/aromatic N) is 1. The summed E-state index contributed by atoms with van der Waals surface area (Å²) < 4.78 is 36.9. The van der Waals surface area contributed by atoms with Gasteiger partial charge in [0.05, 0.1) is 12.0 Å². The summed E-state index contributed by atoms with van der Waals surface area (Å²) in [7, 11) is 0. The molecule has 7 heteroatoms. The predicted octanol–water partition coefficient (Wildman–Crippen LogP) is 2.38. The number of aliphatic carboxylic acids is 1. The minimum absolute atomic E-state index is 0.0424. The number of rotatable bonds is 2. The lowest BCUT2D eigenvalue weighted by Gasteiger charge is -2.08. The third kappa shape index (κ3) is 3.09. The van der Waals surface area contributed by atoms with Crippen molar-refractivity contribution in [1.82, 2.24) is 4.98 Å². The first-order valence-electron chi connectivity index (χ1n) is 3.74. The maximum Gasteiger partial charge on any atom is 0.419 e. The zero-order valence-electron chi connectivity index (χ0n) is 7.18. The molecule has 0 spiro atoms. The Labute approximate surface area is 87.5 Å². The monoisotopic (exact) mass is 239 g/mol. The minimum Gasteiger partial charge on any atom is -0.481 e. The van der Waals surface area contributed by atoms with Crippen LogP contribution in [0.5, 0.6) is 0 Å². The molecule has 82 valence electrons. The number of carboxylic acid groups (broad SMARTS) is 1. The van der Waals surface area contributed by atoms with E-state index in [9.17, 15) is 18.0 Å². The van der Waals surface area contributed by atoms with Crippen LogP contribution < -0.4 is 0 Å². The number of hydrogen-bond donors (Lipinski definition) is 1. The molecule has 15 heavy (non-hydrogen) atoms. The first-order chi connectivity index (χ1) is 6.80. The Bertz CT molecular complexity index is 392. The Hall–Kier alpha value is -1.30. The van der Waals surface area contributed by atoms with Gasteiger partial charge in [0, 0.05) is 6.20 Å². The van der Waals surface area contributed by atoms with Crippen molar-refractivity contribution in [1.29, 1.82) is 0 Å². The standard InChI is InChI=1S/C8H5ClF3NO2/c9-7-5(8(10,11)12)1-4(3-13-7)2-6(14)15/h1,3H,2H2,(H,14,15). The van der Waals surface area contributed by atoms with Crippen molar-refractivity contribution >= 4 is 17.6 Å². The van der Waals surface area contributed by atoms with E-state index in [2.05, 4.69) is 4.98 Å². The van der Waals surface area contributed by atoms with E-state index in [0.29, 0.717) is 6.07 Å². The van der Waals surface area contributed by atoms with E-state index in [0.717, 1.165) is 6.20 Å². The molecule has 1 heterocycles. The van der Waals surface area contributed by atoms with Crippen LogP contribution in [0.1, 0.15) is 11.1 Å². The molecule has 0 aliphatic rings. The van der Waals surface area contributed by atoms with E-state index in [1.54, 1.807) is 0 Å². The molecule has 1 aromatic rings. The highest BCUT2D eigenvalue weighted by atomic mass is 35.5. The maximum absolute atomic E-state index is 12.3. The predicted molar refractivity (Wildman–Crippen MR) is 45.6 cm³/mol. The molecule has 0 aliphatic carbocycles.